The monoisotopic (exact) mass is 334 g/mol. The molecular formula is C18H26N2O4. The second kappa shape index (κ2) is 6.49. The first-order valence-electron chi connectivity index (χ1n) is 8.35. The first-order valence-corrected chi connectivity index (χ1v) is 8.35. The topological polar surface area (TPSA) is 78.3 Å². The fourth-order valence-corrected chi connectivity index (χ4v) is 3.38. The molecule has 6 nitrogen and oxygen atoms in total. The highest BCUT2D eigenvalue weighted by molar-refractivity contribution is 6.06. The van der Waals surface area contributed by atoms with E-state index in [0.29, 0.717) is 25.1 Å². The third-order valence-electron chi connectivity index (χ3n) is 4.64. The summed E-state index contributed by atoms with van der Waals surface area (Å²) in [7, 11) is 1.75. The summed E-state index contributed by atoms with van der Waals surface area (Å²) in [4.78, 5) is 41.9. The van der Waals surface area contributed by atoms with Crippen LogP contribution in [0.1, 0.15) is 64.0 Å². The predicted octanol–water partition coefficient (Wildman–Crippen LogP) is 2.71. The number of imidazole rings is 1. The van der Waals surface area contributed by atoms with Gasteiger partial charge >= 0.3 is 5.97 Å². The van der Waals surface area contributed by atoms with Gasteiger partial charge in [0.25, 0.3) is 0 Å². The molecule has 0 aromatic carbocycles. The van der Waals surface area contributed by atoms with Gasteiger partial charge in [0.2, 0.25) is 0 Å². The van der Waals surface area contributed by atoms with Crippen LogP contribution in [0.15, 0.2) is 12.4 Å². The number of nitrogens with zero attached hydrogens (tertiary/aromatic N) is 2. The standard InChI is InChI=1S/C18H26N2O4/c1-12(11-13(21)15-19-9-10-20(15)5)18(8-6-7-14(18)22)16(23)24-17(2,3)4/h9-10,12H,6-8,11H2,1-5H3/t12-,18-/m1/s1. The SMILES string of the molecule is C[C@H](CC(=O)c1nccn1C)[C@]1(C(=O)OC(C)(C)C)CCCC1=O. The number of esters is 1. The van der Waals surface area contributed by atoms with E-state index in [1.807, 2.05) is 0 Å². The van der Waals surface area contributed by atoms with Crippen molar-refractivity contribution in [1.82, 2.24) is 9.55 Å². The molecule has 6 heteroatoms. The highest BCUT2D eigenvalue weighted by Crippen LogP contribution is 2.45. The fourth-order valence-electron chi connectivity index (χ4n) is 3.38. The van der Waals surface area contributed by atoms with Crippen molar-refractivity contribution < 1.29 is 19.1 Å². The lowest BCUT2D eigenvalue weighted by Crippen LogP contribution is -2.45. The molecule has 1 aliphatic carbocycles. The molecule has 0 amide bonds. The summed E-state index contributed by atoms with van der Waals surface area (Å²) in [6.45, 7) is 7.12. The Balaban J connectivity index is 2.25. The number of hydrogen-bond donors (Lipinski definition) is 0. The normalized spacial score (nSPS) is 22.5. The second-order valence-electron chi connectivity index (χ2n) is 7.64. The molecule has 2 rings (SSSR count). The third-order valence-corrected chi connectivity index (χ3v) is 4.64. The first-order chi connectivity index (χ1) is 11.1. The number of aromatic nitrogens is 2. The van der Waals surface area contributed by atoms with Crippen LogP contribution >= 0.6 is 0 Å². The maximum absolute atomic E-state index is 12.8. The zero-order valence-corrected chi connectivity index (χ0v) is 15.1. The molecule has 1 aromatic heterocycles. The number of Topliss-reactive ketones (excluding diaryl/α,β-unsaturated/α-hetero) is 2. The van der Waals surface area contributed by atoms with Gasteiger partial charge in [0.15, 0.2) is 11.6 Å². The maximum Gasteiger partial charge on any atom is 0.320 e. The predicted molar refractivity (Wildman–Crippen MR) is 88.5 cm³/mol. The Morgan fingerprint density at radius 2 is 2.08 bits per heavy atom. The number of carbonyl (C=O) groups is 3. The zero-order valence-electron chi connectivity index (χ0n) is 15.1. The number of rotatable bonds is 5. The molecule has 1 heterocycles. The van der Waals surface area contributed by atoms with Crippen molar-refractivity contribution in [3.05, 3.63) is 18.2 Å². The molecule has 0 unspecified atom stereocenters. The van der Waals surface area contributed by atoms with E-state index < -0.39 is 22.9 Å². The smallest absolute Gasteiger partial charge is 0.320 e. The van der Waals surface area contributed by atoms with Gasteiger partial charge in [-0.2, -0.15) is 0 Å². The number of aryl methyl sites for hydroxylation is 1. The van der Waals surface area contributed by atoms with Gasteiger partial charge in [-0.1, -0.05) is 6.92 Å². The van der Waals surface area contributed by atoms with Crippen molar-refractivity contribution in [2.45, 2.75) is 59.0 Å². The molecule has 1 fully saturated rings. The van der Waals surface area contributed by atoms with E-state index in [0.717, 1.165) is 0 Å². The minimum absolute atomic E-state index is 0.0931. The summed E-state index contributed by atoms with van der Waals surface area (Å²) >= 11 is 0. The largest absolute Gasteiger partial charge is 0.459 e. The van der Waals surface area contributed by atoms with Crippen LogP contribution < -0.4 is 0 Å². The van der Waals surface area contributed by atoms with Crippen LogP contribution in [0.3, 0.4) is 0 Å². The van der Waals surface area contributed by atoms with Crippen LogP contribution in [-0.4, -0.2) is 32.7 Å². The van der Waals surface area contributed by atoms with Crippen molar-refractivity contribution in [2.75, 3.05) is 0 Å². The molecule has 132 valence electrons. The van der Waals surface area contributed by atoms with Crippen molar-refractivity contribution >= 4 is 17.5 Å². The molecule has 0 bridgehead atoms. The van der Waals surface area contributed by atoms with E-state index in [-0.39, 0.29) is 18.0 Å². The summed E-state index contributed by atoms with van der Waals surface area (Å²) in [6, 6.07) is 0. The van der Waals surface area contributed by atoms with E-state index in [1.54, 1.807) is 51.7 Å². The van der Waals surface area contributed by atoms with Crippen LogP contribution in [0.5, 0.6) is 0 Å². The zero-order chi connectivity index (χ0) is 18.1. The van der Waals surface area contributed by atoms with Gasteiger partial charge in [-0.3, -0.25) is 14.4 Å². The quantitative estimate of drug-likeness (QED) is 0.470. The lowest BCUT2D eigenvalue weighted by atomic mass is 9.71. The summed E-state index contributed by atoms with van der Waals surface area (Å²) < 4.78 is 7.17. The highest BCUT2D eigenvalue weighted by Gasteiger charge is 2.54. The van der Waals surface area contributed by atoms with Gasteiger partial charge in [0.05, 0.1) is 0 Å². The van der Waals surface area contributed by atoms with Gasteiger partial charge in [-0.05, 0) is 39.5 Å². The Morgan fingerprint density at radius 1 is 1.42 bits per heavy atom. The molecule has 0 aliphatic heterocycles. The van der Waals surface area contributed by atoms with E-state index >= 15 is 0 Å². The Morgan fingerprint density at radius 3 is 2.54 bits per heavy atom. The van der Waals surface area contributed by atoms with Crippen molar-refractivity contribution in [2.24, 2.45) is 18.4 Å². The van der Waals surface area contributed by atoms with Crippen LogP contribution in [-0.2, 0) is 21.4 Å². The number of ketones is 2. The van der Waals surface area contributed by atoms with Gasteiger partial charge < -0.3 is 9.30 Å². The van der Waals surface area contributed by atoms with Crippen LogP contribution in [0.2, 0.25) is 0 Å². The third kappa shape index (κ3) is 3.42. The number of hydrogen-bond acceptors (Lipinski definition) is 5. The molecule has 0 spiro atoms. The lowest BCUT2D eigenvalue weighted by molar-refractivity contribution is -0.172. The van der Waals surface area contributed by atoms with Gasteiger partial charge in [0, 0.05) is 32.3 Å². The number of carbonyl (C=O) groups excluding carboxylic acids is 3. The van der Waals surface area contributed by atoms with Gasteiger partial charge in [-0.15, -0.1) is 0 Å². The summed E-state index contributed by atoms with van der Waals surface area (Å²) in [5.41, 5.74) is -1.88. The Kier molecular flexibility index (Phi) is 4.97. The summed E-state index contributed by atoms with van der Waals surface area (Å²) in [6.07, 6.45) is 4.80. The van der Waals surface area contributed by atoms with Crippen LogP contribution in [0.25, 0.3) is 0 Å². The van der Waals surface area contributed by atoms with Crippen LogP contribution in [0.4, 0.5) is 0 Å². The van der Waals surface area contributed by atoms with Crippen molar-refractivity contribution in [3.8, 4) is 0 Å². The summed E-state index contributed by atoms with van der Waals surface area (Å²) in [5, 5.41) is 0. The minimum atomic E-state index is -1.21. The van der Waals surface area contributed by atoms with E-state index in [2.05, 4.69) is 4.98 Å². The Labute approximate surface area is 142 Å². The molecule has 1 aliphatic rings. The second-order valence-corrected chi connectivity index (χ2v) is 7.64. The molecule has 0 saturated heterocycles. The highest BCUT2D eigenvalue weighted by atomic mass is 16.6. The molecular weight excluding hydrogens is 308 g/mol. The average molecular weight is 334 g/mol. The molecule has 0 N–H and O–H groups in total. The number of ether oxygens (including phenoxy) is 1. The average Bonchev–Trinajstić information content (AvgIpc) is 3.03. The maximum atomic E-state index is 12.8. The van der Waals surface area contributed by atoms with Crippen LogP contribution in [0, 0.1) is 11.3 Å². The summed E-state index contributed by atoms with van der Waals surface area (Å²) in [5.74, 6) is -0.870. The minimum Gasteiger partial charge on any atom is -0.459 e. The molecule has 1 aromatic rings. The first kappa shape index (κ1) is 18.4. The molecule has 2 atom stereocenters. The lowest BCUT2D eigenvalue weighted by Gasteiger charge is -2.34. The van der Waals surface area contributed by atoms with E-state index in [4.69, 9.17) is 4.74 Å². The Bertz CT molecular complexity index is 656. The molecule has 0 radical (unpaired) electrons. The van der Waals surface area contributed by atoms with Crippen molar-refractivity contribution in [1.29, 1.82) is 0 Å². The van der Waals surface area contributed by atoms with E-state index in [1.165, 1.54) is 0 Å². The van der Waals surface area contributed by atoms with E-state index in [9.17, 15) is 14.4 Å². The molecule has 24 heavy (non-hydrogen) atoms. The van der Waals surface area contributed by atoms with Crippen molar-refractivity contribution in [3.63, 3.8) is 0 Å². The fraction of sp³-hybridized carbons (Fsp3) is 0.667. The Hall–Kier alpha value is -1.98. The molecule has 1 saturated carbocycles. The van der Waals surface area contributed by atoms with Gasteiger partial charge in [0.1, 0.15) is 16.8 Å². The van der Waals surface area contributed by atoms with Gasteiger partial charge in [-0.25, -0.2) is 4.98 Å².